The highest BCUT2D eigenvalue weighted by molar-refractivity contribution is 6.31. The molecule has 0 unspecified atom stereocenters. The van der Waals surface area contributed by atoms with Crippen LogP contribution in [-0.4, -0.2) is 46.1 Å². The highest BCUT2D eigenvalue weighted by atomic mass is 35.5. The van der Waals surface area contributed by atoms with Crippen LogP contribution in [0.25, 0.3) is 11.0 Å². The lowest BCUT2D eigenvalue weighted by Crippen LogP contribution is -2.49. The van der Waals surface area contributed by atoms with Crippen LogP contribution in [0.3, 0.4) is 0 Å². The molecule has 0 radical (unpaired) electrons. The van der Waals surface area contributed by atoms with Gasteiger partial charge < -0.3 is 20.6 Å². The topological polar surface area (TPSA) is 109 Å². The van der Waals surface area contributed by atoms with Crippen LogP contribution in [0.5, 0.6) is 0 Å². The Bertz CT molecular complexity index is 871. The van der Waals surface area contributed by atoms with Crippen molar-refractivity contribution in [2.75, 3.05) is 11.9 Å². The number of rotatable bonds is 3. The normalized spacial score (nSPS) is 21.3. The lowest BCUT2D eigenvalue weighted by Gasteiger charge is -2.35. The third-order valence-electron chi connectivity index (χ3n) is 4.57. The SMILES string of the molecule is CC(C)(C)N1C[C@@H](O)C[C@H]1C(=O)Nc1c(C(N)=O)oc2ccc(Cl)cc12. The van der Waals surface area contributed by atoms with Gasteiger partial charge in [-0.05, 0) is 45.4 Å². The molecule has 1 fully saturated rings. The number of anilines is 1. The van der Waals surface area contributed by atoms with Gasteiger partial charge in [0.25, 0.3) is 5.91 Å². The molecule has 2 aromatic rings. The van der Waals surface area contributed by atoms with Gasteiger partial charge in [0, 0.05) is 22.5 Å². The lowest BCUT2D eigenvalue weighted by atomic mass is 10.0. The van der Waals surface area contributed by atoms with Crippen LogP contribution >= 0.6 is 11.6 Å². The van der Waals surface area contributed by atoms with Gasteiger partial charge in [-0.25, -0.2) is 0 Å². The second-order valence-electron chi connectivity index (χ2n) is 7.53. The molecular weight excluding hydrogens is 358 g/mol. The Morgan fingerprint density at radius 3 is 2.69 bits per heavy atom. The van der Waals surface area contributed by atoms with Gasteiger partial charge in [0.2, 0.25) is 11.7 Å². The van der Waals surface area contributed by atoms with Gasteiger partial charge in [-0.1, -0.05) is 11.6 Å². The number of hydrogen-bond acceptors (Lipinski definition) is 5. The van der Waals surface area contributed by atoms with Crippen molar-refractivity contribution in [2.24, 2.45) is 5.73 Å². The smallest absolute Gasteiger partial charge is 0.286 e. The monoisotopic (exact) mass is 379 g/mol. The fraction of sp³-hybridized carbons (Fsp3) is 0.444. The number of nitrogens with one attached hydrogen (secondary N) is 1. The van der Waals surface area contributed by atoms with E-state index in [1.807, 2.05) is 25.7 Å². The molecule has 2 amide bonds. The Morgan fingerprint density at radius 2 is 2.08 bits per heavy atom. The standard InChI is InChI=1S/C18H22ClN3O4/c1-18(2,3)22-8-10(23)7-12(22)17(25)21-14-11-6-9(19)4-5-13(11)26-15(14)16(20)24/h4-6,10,12,23H,7-8H2,1-3H3,(H2,20,24)(H,21,25)/t10-,12-/m0/s1. The Morgan fingerprint density at radius 1 is 1.38 bits per heavy atom. The van der Waals surface area contributed by atoms with Crippen LogP contribution in [-0.2, 0) is 4.79 Å². The number of halogens is 1. The summed E-state index contributed by atoms with van der Waals surface area (Å²) in [7, 11) is 0. The molecule has 4 N–H and O–H groups in total. The number of fused-ring (bicyclic) bond motifs is 1. The summed E-state index contributed by atoms with van der Waals surface area (Å²) in [5.41, 5.74) is 5.70. The van der Waals surface area contributed by atoms with Crippen LogP contribution in [0.4, 0.5) is 5.69 Å². The zero-order valence-electron chi connectivity index (χ0n) is 14.9. The maximum absolute atomic E-state index is 12.9. The van der Waals surface area contributed by atoms with Gasteiger partial charge in [-0.3, -0.25) is 14.5 Å². The summed E-state index contributed by atoms with van der Waals surface area (Å²) >= 11 is 6.03. The average molecular weight is 380 g/mol. The third-order valence-corrected chi connectivity index (χ3v) is 4.80. The number of nitrogens with two attached hydrogens (primary N) is 1. The third kappa shape index (κ3) is 3.42. The summed E-state index contributed by atoms with van der Waals surface area (Å²) in [5.74, 6) is -1.25. The molecule has 0 spiro atoms. The highest BCUT2D eigenvalue weighted by Gasteiger charge is 2.41. The van der Waals surface area contributed by atoms with E-state index in [0.717, 1.165) is 0 Å². The number of carbonyl (C=O) groups is 2. The van der Waals surface area contributed by atoms with E-state index in [2.05, 4.69) is 5.32 Å². The molecule has 140 valence electrons. The van der Waals surface area contributed by atoms with E-state index in [-0.39, 0.29) is 22.9 Å². The number of β-amino-alcohol motifs (C(OH)–C–C–N with tert-alkyl or cyclic N) is 1. The summed E-state index contributed by atoms with van der Waals surface area (Å²) in [6.07, 6.45) is -0.276. The predicted octanol–water partition coefficient (Wildman–Crippen LogP) is 2.36. The van der Waals surface area contributed by atoms with Crippen molar-refractivity contribution in [1.82, 2.24) is 4.90 Å². The zero-order valence-corrected chi connectivity index (χ0v) is 15.6. The summed E-state index contributed by atoms with van der Waals surface area (Å²) in [6, 6.07) is 4.31. The molecule has 2 heterocycles. The summed E-state index contributed by atoms with van der Waals surface area (Å²) < 4.78 is 5.48. The van der Waals surface area contributed by atoms with Crippen molar-refractivity contribution in [3.63, 3.8) is 0 Å². The number of aliphatic hydroxyl groups is 1. The first-order chi connectivity index (χ1) is 12.1. The number of aliphatic hydroxyl groups excluding tert-OH is 1. The Hall–Kier alpha value is -2.09. The minimum Gasteiger partial charge on any atom is -0.449 e. The number of nitrogens with zero attached hydrogens (tertiary/aromatic N) is 1. The number of carbonyl (C=O) groups excluding carboxylic acids is 2. The van der Waals surface area contributed by atoms with E-state index in [4.69, 9.17) is 21.8 Å². The number of hydrogen-bond donors (Lipinski definition) is 3. The zero-order chi connectivity index (χ0) is 19.2. The molecule has 0 bridgehead atoms. The quantitative estimate of drug-likeness (QED) is 0.758. The predicted molar refractivity (Wildman–Crippen MR) is 99.2 cm³/mol. The fourth-order valence-corrected chi connectivity index (χ4v) is 3.55. The van der Waals surface area contributed by atoms with Crippen LogP contribution in [0, 0.1) is 0 Å². The van der Waals surface area contributed by atoms with Gasteiger partial charge >= 0.3 is 0 Å². The van der Waals surface area contributed by atoms with Gasteiger partial charge in [0.05, 0.1) is 12.1 Å². The molecule has 26 heavy (non-hydrogen) atoms. The van der Waals surface area contributed by atoms with Gasteiger partial charge in [-0.2, -0.15) is 0 Å². The van der Waals surface area contributed by atoms with E-state index in [1.54, 1.807) is 18.2 Å². The first-order valence-electron chi connectivity index (χ1n) is 8.35. The molecule has 8 heteroatoms. The molecule has 1 aliphatic heterocycles. The molecule has 1 saturated heterocycles. The van der Waals surface area contributed by atoms with E-state index in [0.29, 0.717) is 29.0 Å². The summed E-state index contributed by atoms with van der Waals surface area (Å²) in [6.45, 7) is 6.34. The van der Waals surface area contributed by atoms with Crippen LogP contribution in [0.2, 0.25) is 5.02 Å². The van der Waals surface area contributed by atoms with Crippen molar-refractivity contribution in [3.05, 3.63) is 29.0 Å². The number of likely N-dealkylation sites (tertiary alicyclic amines) is 1. The molecule has 0 aliphatic carbocycles. The van der Waals surface area contributed by atoms with E-state index in [1.165, 1.54) is 0 Å². The molecular formula is C18H22ClN3O4. The second-order valence-corrected chi connectivity index (χ2v) is 7.97. The number of amides is 2. The molecule has 0 saturated carbocycles. The van der Waals surface area contributed by atoms with Gasteiger partial charge in [0.15, 0.2) is 0 Å². The maximum Gasteiger partial charge on any atom is 0.286 e. The highest BCUT2D eigenvalue weighted by Crippen LogP contribution is 2.34. The summed E-state index contributed by atoms with van der Waals surface area (Å²) in [4.78, 5) is 26.6. The van der Waals surface area contributed by atoms with E-state index >= 15 is 0 Å². The van der Waals surface area contributed by atoms with Crippen molar-refractivity contribution in [3.8, 4) is 0 Å². The van der Waals surface area contributed by atoms with Crippen LogP contribution in [0.15, 0.2) is 22.6 Å². The molecule has 1 aromatic heterocycles. The van der Waals surface area contributed by atoms with Crippen LogP contribution in [0.1, 0.15) is 37.7 Å². The first-order valence-corrected chi connectivity index (χ1v) is 8.73. The molecule has 2 atom stereocenters. The van der Waals surface area contributed by atoms with Gasteiger partial charge in [-0.15, -0.1) is 0 Å². The number of furan rings is 1. The largest absolute Gasteiger partial charge is 0.449 e. The number of primary amides is 1. The molecule has 1 aliphatic rings. The van der Waals surface area contributed by atoms with Crippen molar-refractivity contribution in [2.45, 2.75) is 44.9 Å². The Labute approximate surface area is 156 Å². The van der Waals surface area contributed by atoms with Crippen molar-refractivity contribution >= 4 is 40.1 Å². The van der Waals surface area contributed by atoms with E-state index in [9.17, 15) is 14.7 Å². The van der Waals surface area contributed by atoms with Gasteiger partial charge in [0.1, 0.15) is 11.3 Å². The van der Waals surface area contributed by atoms with Crippen molar-refractivity contribution < 1.29 is 19.1 Å². The van der Waals surface area contributed by atoms with E-state index < -0.39 is 18.1 Å². The Kier molecular flexibility index (Phi) is 4.72. The molecule has 3 rings (SSSR count). The molecule has 7 nitrogen and oxygen atoms in total. The van der Waals surface area contributed by atoms with Crippen LogP contribution < -0.4 is 11.1 Å². The second kappa shape index (κ2) is 6.57. The number of benzene rings is 1. The molecule has 1 aromatic carbocycles. The maximum atomic E-state index is 12.9. The Balaban J connectivity index is 1.97. The minimum atomic E-state index is -0.785. The van der Waals surface area contributed by atoms with Crippen molar-refractivity contribution in [1.29, 1.82) is 0 Å². The average Bonchev–Trinajstić information content (AvgIpc) is 3.08. The minimum absolute atomic E-state index is 0.128. The lowest BCUT2D eigenvalue weighted by molar-refractivity contribution is -0.121. The first kappa shape index (κ1) is 18.7. The fourth-order valence-electron chi connectivity index (χ4n) is 3.38. The summed E-state index contributed by atoms with van der Waals surface area (Å²) in [5, 5.41) is 13.7.